The zero-order valence-corrected chi connectivity index (χ0v) is 29.7. The maximum atomic E-state index is 10.8. The maximum absolute atomic E-state index is 10.8. The van der Waals surface area contributed by atoms with Crippen LogP contribution in [0.1, 0.15) is 97.3 Å². The highest BCUT2D eigenvalue weighted by molar-refractivity contribution is 5.85. The first-order valence-corrected chi connectivity index (χ1v) is 16.6. The van der Waals surface area contributed by atoms with Crippen LogP contribution in [-0.4, -0.2) is 138 Å². The predicted octanol–water partition coefficient (Wildman–Crippen LogP) is -3.47. The third-order valence-corrected chi connectivity index (χ3v) is 7.21. The summed E-state index contributed by atoms with van der Waals surface area (Å²) in [5.74, 6) is -1.67. The number of aliphatic hydroxyl groups excluding tert-OH is 5. The number of rotatable bonds is 11. The lowest BCUT2D eigenvalue weighted by molar-refractivity contribution is -0.307. The molecule has 2 amide bonds. The van der Waals surface area contributed by atoms with Crippen molar-refractivity contribution in [2.75, 3.05) is 32.8 Å². The number of hydrogen-bond acceptors (Lipinski definition) is 15. The van der Waals surface area contributed by atoms with Crippen LogP contribution in [0, 0.1) is 0 Å². The molecule has 3 heterocycles. The lowest BCUT2D eigenvalue weighted by Gasteiger charge is -2.37. The monoisotopic (exact) mass is 760 g/mol. The van der Waals surface area contributed by atoms with Gasteiger partial charge in [-0.2, -0.15) is 0 Å². The molecule has 16 N–H and O–H groups in total. The number of unbranched alkanes of at least 4 members (excludes halogenated alkanes) is 3. The standard InChI is InChI=1S/C6H14N2O2.C6H12N2O.C6H13NO2.C6H11NO.C6H12O6.CH4.B.ClH/c7-4-2-1-3-5(8)6(9)10;7-5-3-1-2-4-8-6(5)9;7-5-3-1-2-4-6(8)9;8-6-4-2-1-3-5-7-6;7-1-2-3(8)4(9)5(10)6(11)12-2;;;/h5H,1-4,7-8H2,(H,9,10);5H,1-4,7H2,(H,8,9);1-5,7H2,(H,8,9);1-5H2,(H,7,8);2-11H,1H2;1H4;;1H/p-1/t2*5-;;;2-,3-,4+,5-,6?;;;/m00..1.../s1. The Morgan fingerprint density at radius 3 is 1.98 bits per heavy atom. The molecule has 0 aromatic rings. The first-order valence-electron chi connectivity index (χ1n) is 16.6. The summed E-state index contributed by atoms with van der Waals surface area (Å²) in [5.41, 5.74) is 21.0. The minimum absolute atomic E-state index is 0. The minimum atomic E-state index is -1.57. The molecule has 51 heavy (non-hydrogen) atoms. The molecule has 3 aliphatic heterocycles. The summed E-state index contributed by atoms with van der Waals surface area (Å²) in [6, 6.07) is -1.08. The summed E-state index contributed by atoms with van der Waals surface area (Å²) in [6.45, 7) is 2.41. The van der Waals surface area contributed by atoms with E-state index in [1.807, 2.05) is 0 Å². The molecule has 0 aromatic heterocycles. The van der Waals surface area contributed by atoms with E-state index in [9.17, 15) is 24.3 Å². The number of halogens is 1. The molecule has 0 aromatic carbocycles. The van der Waals surface area contributed by atoms with Crippen LogP contribution in [0.15, 0.2) is 0 Å². The quantitative estimate of drug-likeness (QED) is 0.0719. The van der Waals surface area contributed by atoms with Gasteiger partial charge in [-0.3, -0.25) is 14.4 Å². The van der Waals surface area contributed by atoms with Crippen LogP contribution in [0.5, 0.6) is 0 Å². The zero-order chi connectivity index (χ0) is 36.9. The fourth-order valence-electron chi connectivity index (χ4n) is 4.17. The number of carbonyl (C=O) groups excluding carboxylic acids is 3. The largest absolute Gasteiger partial charge is 0.548 e. The molecule has 1 unspecified atom stereocenters. The van der Waals surface area contributed by atoms with Crippen molar-refractivity contribution in [2.24, 2.45) is 22.9 Å². The number of nitrogens with one attached hydrogen (secondary N) is 2. The van der Waals surface area contributed by atoms with E-state index in [1.165, 1.54) is 6.42 Å². The fourth-order valence-corrected chi connectivity index (χ4v) is 4.17. The Balaban J connectivity index is -0.000000171. The third-order valence-electron chi connectivity index (χ3n) is 7.21. The van der Waals surface area contributed by atoms with Crippen molar-refractivity contribution in [3.63, 3.8) is 0 Å². The highest BCUT2D eigenvalue weighted by atomic mass is 35.5. The number of carbonyl (C=O) groups is 4. The molecule has 3 rings (SSSR count). The predicted molar refractivity (Wildman–Crippen MR) is 193 cm³/mol. The number of aliphatic hydroxyl groups is 5. The van der Waals surface area contributed by atoms with Gasteiger partial charge in [-0.1, -0.05) is 26.7 Å². The van der Waals surface area contributed by atoms with Gasteiger partial charge >= 0.3 is 5.97 Å². The van der Waals surface area contributed by atoms with E-state index in [4.69, 9.17) is 53.6 Å². The Kier molecular flexibility index (Phi) is 42.9. The van der Waals surface area contributed by atoms with Crippen LogP contribution in [0.2, 0.25) is 0 Å². The first kappa shape index (κ1) is 58.2. The molecule has 3 saturated heterocycles. The van der Waals surface area contributed by atoms with Crippen LogP contribution >= 0.6 is 12.4 Å². The average molecular weight is 761 g/mol. The molecule has 0 aliphatic carbocycles. The molecule has 7 atom stereocenters. The number of carboxylic acids is 2. The Morgan fingerprint density at radius 2 is 1.43 bits per heavy atom. The lowest BCUT2D eigenvalue weighted by Crippen LogP contribution is -2.58. The van der Waals surface area contributed by atoms with Crippen molar-refractivity contribution in [3.8, 4) is 0 Å². The normalized spacial score (nSPS) is 24.3. The second kappa shape index (κ2) is 37.6. The third kappa shape index (κ3) is 32.2. The summed E-state index contributed by atoms with van der Waals surface area (Å²) < 4.78 is 4.58. The summed E-state index contributed by atoms with van der Waals surface area (Å²) in [7, 11) is 0. The number of aliphatic carboxylic acids is 2. The number of hydrogen-bond donors (Lipinski definition) is 12. The second-order valence-electron chi connectivity index (χ2n) is 11.5. The highest BCUT2D eigenvalue weighted by Crippen LogP contribution is 2.19. The summed E-state index contributed by atoms with van der Waals surface area (Å²) in [6.07, 6.45) is 5.05. The highest BCUT2D eigenvalue weighted by Gasteiger charge is 2.42. The zero-order valence-electron chi connectivity index (χ0n) is 28.9. The van der Waals surface area contributed by atoms with Gasteiger partial charge in [0.2, 0.25) is 11.8 Å². The van der Waals surface area contributed by atoms with Crippen molar-refractivity contribution >= 4 is 44.6 Å². The molecule has 20 heteroatoms. The Hall–Kier alpha value is -2.17. The molecule has 3 aliphatic rings. The van der Waals surface area contributed by atoms with Gasteiger partial charge in [0, 0.05) is 40.4 Å². The minimum Gasteiger partial charge on any atom is -0.548 e. The molecule has 0 spiro atoms. The van der Waals surface area contributed by atoms with Crippen LogP contribution < -0.4 is 38.7 Å². The van der Waals surface area contributed by atoms with E-state index in [-0.39, 0.29) is 52.5 Å². The molecular weight excluding hydrogens is 695 g/mol. The molecule has 303 valence electrons. The van der Waals surface area contributed by atoms with E-state index >= 15 is 0 Å². The lowest BCUT2D eigenvalue weighted by atomic mass is 10.00. The number of nitrogens with two attached hydrogens (primary N) is 4. The summed E-state index contributed by atoms with van der Waals surface area (Å²) in [4.78, 5) is 41.3. The number of ether oxygens (including phenoxy) is 1. The van der Waals surface area contributed by atoms with E-state index < -0.39 is 55.3 Å². The van der Waals surface area contributed by atoms with E-state index in [0.717, 1.165) is 83.7 Å². The van der Waals surface area contributed by atoms with Crippen LogP contribution in [-0.2, 0) is 23.9 Å². The van der Waals surface area contributed by atoms with Crippen molar-refractivity contribution < 1.29 is 59.7 Å². The fraction of sp³-hybridized carbons (Fsp3) is 0.871. The smallest absolute Gasteiger partial charge is 0.303 e. The van der Waals surface area contributed by atoms with E-state index in [1.54, 1.807) is 0 Å². The van der Waals surface area contributed by atoms with Crippen molar-refractivity contribution in [2.45, 2.75) is 140 Å². The summed E-state index contributed by atoms with van der Waals surface area (Å²) in [5, 5.41) is 68.4. The Labute approximate surface area is 310 Å². The molecule has 18 nitrogen and oxygen atoms in total. The Morgan fingerprint density at radius 1 is 0.863 bits per heavy atom. The van der Waals surface area contributed by atoms with Crippen LogP contribution in [0.3, 0.4) is 0 Å². The van der Waals surface area contributed by atoms with Gasteiger partial charge < -0.3 is 78.8 Å². The average Bonchev–Trinajstić information content (AvgIpc) is 3.42. The second-order valence-corrected chi connectivity index (χ2v) is 11.5. The van der Waals surface area contributed by atoms with Gasteiger partial charge in [0.1, 0.15) is 24.4 Å². The van der Waals surface area contributed by atoms with Gasteiger partial charge in [-0.15, -0.1) is 12.4 Å². The number of carboxylic acid groups (broad SMARTS) is 2. The van der Waals surface area contributed by atoms with Gasteiger partial charge in [0.05, 0.1) is 18.6 Å². The summed E-state index contributed by atoms with van der Waals surface area (Å²) >= 11 is 0. The van der Waals surface area contributed by atoms with Gasteiger partial charge in [-0.25, -0.2) is 0 Å². The first-order chi connectivity index (χ1) is 22.7. The van der Waals surface area contributed by atoms with E-state index in [0.29, 0.717) is 19.5 Å². The van der Waals surface area contributed by atoms with Gasteiger partial charge in [0.15, 0.2) is 6.29 Å². The van der Waals surface area contributed by atoms with E-state index in [2.05, 4.69) is 15.4 Å². The molecule has 3 fully saturated rings. The molecule has 3 radical (unpaired) electrons. The van der Waals surface area contributed by atoms with Crippen molar-refractivity contribution in [3.05, 3.63) is 0 Å². The van der Waals surface area contributed by atoms with Crippen LogP contribution in [0.4, 0.5) is 0 Å². The maximum Gasteiger partial charge on any atom is 0.303 e. The molecule has 0 bridgehead atoms. The van der Waals surface area contributed by atoms with Crippen LogP contribution in [0.25, 0.3) is 0 Å². The van der Waals surface area contributed by atoms with Gasteiger partial charge in [-0.05, 0) is 70.9 Å². The SMILES string of the molecule is C.Cl.NCCCCCC(=O)O.NCCCC[C@H](N)C(=O)[O-].N[C@H]1CCCCNC1=O.O=C1CCCCCN1.OC[C@H]1OC(O)[C@H](O)[C@@H](O)[C@@H]1O.[B]. The Bertz CT molecular complexity index is 859. The topological polar surface area (TPSA) is 350 Å². The van der Waals surface area contributed by atoms with Gasteiger partial charge in [0.25, 0.3) is 0 Å². The number of amides is 2. The van der Waals surface area contributed by atoms with Crippen molar-refractivity contribution in [1.82, 2.24) is 10.6 Å². The molecule has 0 saturated carbocycles. The van der Waals surface area contributed by atoms with Crippen molar-refractivity contribution in [1.29, 1.82) is 0 Å². The molecular formula is C31H66BClN6O12-.